The maximum absolute atomic E-state index is 12.0. The lowest BCUT2D eigenvalue weighted by molar-refractivity contribution is 0.0953. The number of nitrogens with one attached hydrogen (secondary N) is 2. The summed E-state index contributed by atoms with van der Waals surface area (Å²) in [6.45, 7) is 2.69. The number of carbonyl (C=O) groups excluding carboxylic acids is 1. The third kappa shape index (κ3) is 4.31. The molecule has 0 aliphatic carbocycles. The molecule has 2 aromatic rings. The summed E-state index contributed by atoms with van der Waals surface area (Å²) in [4.78, 5) is 34.4. The Bertz CT molecular complexity index is 784. The van der Waals surface area contributed by atoms with Gasteiger partial charge in [0.1, 0.15) is 23.0 Å². The molecule has 0 unspecified atom stereocenters. The maximum atomic E-state index is 12.0. The van der Waals surface area contributed by atoms with Gasteiger partial charge in [0.2, 0.25) is 0 Å². The molecule has 0 saturated carbocycles. The van der Waals surface area contributed by atoms with Crippen LogP contribution in [-0.2, 0) is 7.05 Å². The van der Waals surface area contributed by atoms with Crippen molar-refractivity contribution in [2.24, 2.45) is 7.05 Å². The van der Waals surface area contributed by atoms with Crippen molar-refractivity contribution in [3.05, 3.63) is 46.1 Å². The summed E-state index contributed by atoms with van der Waals surface area (Å²) >= 11 is 0. The van der Waals surface area contributed by atoms with Gasteiger partial charge >= 0.3 is 0 Å². The molecule has 8 nitrogen and oxygen atoms in total. The highest BCUT2D eigenvalue weighted by atomic mass is 16.2. The number of hydrogen-bond acceptors (Lipinski definition) is 6. The zero-order chi connectivity index (χ0) is 17.7. The molecule has 2 N–H and O–H groups in total. The van der Waals surface area contributed by atoms with Crippen LogP contribution in [0.25, 0.3) is 0 Å². The number of rotatable bonds is 6. The SMILES string of the molecule is Cc1nc(NCCNC(=O)c2cccn(C)c2=O)cc(N(C)C)n1. The van der Waals surface area contributed by atoms with Gasteiger partial charge in [-0.1, -0.05) is 0 Å². The second-order valence-corrected chi connectivity index (χ2v) is 5.57. The first kappa shape index (κ1) is 17.5. The van der Waals surface area contributed by atoms with Crippen LogP contribution in [0.15, 0.2) is 29.2 Å². The van der Waals surface area contributed by atoms with Crippen LogP contribution >= 0.6 is 0 Å². The Kier molecular flexibility index (Phi) is 5.51. The van der Waals surface area contributed by atoms with Crippen LogP contribution in [0.1, 0.15) is 16.2 Å². The van der Waals surface area contributed by atoms with Gasteiger partial charge in [-0.3, -0.25) is 9.59 Å². The minimum absolute atomic E-state index is 0.132. The minimum atomic E-state index is -0.383. The van der Waals surface area contributed by atoms with Gasteiger partial charge in [0, 0.05) is 46.5 Å². The molecule has 0 aromatic carbocycles. The third-order valence-electron chi connectivity index (χ3n) is 3.37. The van der Waals surface area contributed by atoms with Crippen LogP contribution in [0.5, 0.6) is 0 Å². The molecular weight excluding hydrogens is 308 g/mol. The lowest BCUT2D eigenvalue weighted by atomic mass is 10.2. The van der Waals surface area contributed by atoms with E-state index >= 15 is 0 Å². The van der Waals surface area contributed by atoms with Gasteiger partial charge in [0.05, 0.1) is 0 Å². The average molecular weight is 330 g/mol. The zero-order valence-electron chi connectivity index (χ0n) is 14.3. The fourth-order valence-corrected chi connectivity index (χ4v) is 2.10. The molecule has 0 aliphatic rings. The maximum Gasteiger partial charge on any atom is 0.263 e. The van der Waals surface area contributed by atoms with E-state index in [0.29, 0.717) is 24.7 Å². The highest BCUT2D eigenvalue weighted by Crippen LogP contribution is 2.12. The van der Waals surface area contributed by atoms with Crippen molar-refractivity contribution in [1.82, 2.24) is 19.9 Å². The summed E-state index contributed by atoms with van der Waals surface area (Å²) in [7, 11) is 5.43. The molecule has 0 spiro atoms. The van der Waals surface area contributed by atoms with Crippen molar-refractivity contribution in [2.75, 3.05) is 37.4 Å². The minimum Gasteiger partial charge on any atom is -0.368 e. The van der Waals surface area contributed by atoms with Gasteiger partial charge in [-0.15, -0.1) is 0 Å². The summed E-state index contributed by atoms with van der Waals surface area (Å²) in [5, 5.41) is 5.86. The Morgan fingerprint density at radius 1 is 1.29 bits per heavy atom. The van der Waals surface area contributed by atoms with E-state index in [-0.39, 0.29) is 17.0 Å². The van der Waals surface area contributed by atoms with Gasteiger partial charge in [0.15, 0.2) is 0 Å². The number of carbonyl (C=O) groups is 1. The molecule has 2 rings (SSSR count). The normalized spacial score (nSPS) is 10.3. The number of aromatic nitrogens is 3. The number of anilines is 2. The first-order valence-electron chi connectivity index (χ1n) is 7.59. The summed E-state index contributed by atoms with van der Waals surface area (Å²) in [5.74, 6) is 1.78. The molecule has 128 valence electrons. The fourth-order valence-electron chi connectivity index (χ4n) is 2.10. The van der Waals surface area contributed by atoms with Crippen molar-refractivity contribution in [1.29, 1.82) is 0 Å². The van der Waals surface area contributed by atoms with Crippen LogP contribution in [-0.4, -0.2) is 47.6 Å². The Morgan fingerprint density at radius 2 is 2.04 bits per heavy atom. The molecule has 0 atom stereocenters. The first-order chi connectivity index (χ1) is 11.4. The van der Waals surface area contributed by atoms with Crippen molar-refractivity contribution in [2.45, 2.75) is 6.92 Å². The number of aryl methyl sites for hydroxylation is 2. The second kappa shape index (κ2) is 7.58. The van der Waals surface area contributed by atoms with Crippen molar-refractivity contribution < 1.29 is 4.79 Å². The van der Waals surface area contributed by atoms with E-state index in [9.17, 15) is 9.59 Å². The van der Waals surface area contributed by atoms with Crippen LogP contribution in [0, 0.1) is 6.92 Å². The zero-order valence-corrected chi connectivity index (χ0v) is 14.3. The number of nitrogens with zero attached hydrogens (tertiary/aromatic N) is 4. The van der Waals surface area contributed by atoms with Crippen LogP contribution in [0.3, 0.4) is 0 Å². The number of hydrogen-bond donors (Lipinski definition) is 2. The van der Waals surface area contributed by atoms with Crippen molar-refractivity contribution in [3.8, 4) is 0 Å². The Hall–Kier alpha value is -2.90. The first-order valence-corrected chi connectivity index (χ1v) is 7.59. The lowest BCUT2D eigenvalue weighted by Crippen LogP contribution is -2.34. The summed E-state index contributed by atoms with van der Waals surface area (Å²) in [5.41, 5.74) is -0.183. The van der Waals surface area contributed by atoms with E-state index in [0.717, 1.165) is 5.82 Å². The van der Waals surface area contributed by atoms with Crippen molar-refractivity contribution in [3.63, 3.8) is 0 Å². The number of amides is 1. The molecule has 0 radical (unpaired) electrons. The molecule has 2 heterocycles. The largest absolute Gasteiger partial charge is 0.368 e. The quantitative estimate of drug-likeness (QED) is 0.745. The Balaban J connectivity index is 1.90. The van der Waals surface area contributed by atoms with Gasteiger partial charge in [-0.25, -0.2) is 9.97 Å². The summed E-state index contributed by atoms with van der Waals surface area (Å²) < 4.78 is 1.37. The van der Waals surface area contributed by atoms with E-state index in [2.05, 4.69) is 20.6 Å². The Morgan fingerprint density at radius 3 is 2.75 bits per heavy atom. The molecular formula is C16H22N6O2. The molecule has 24 heavy (non-hydrogen) atoms. The molecule has 0 aliphatic heterocycles. The topological polar surface area (TPSA) is 92.2 Å². The molecule has 0 bridgehead atoms. The third-order valence-corrected chi connectivity index (χ3v) is 3.37. The number of pyridine rings is 1. The summed E-state index contributed by atoms with van der Waals surface area (Å²) in [6, 6.07) is 5.02. The summed E-state index contributed by atoms with van der Waals surface area (Å²) in [6.07, 6.45) is 1.61. The van der Waals surface area contributed by atoms with E-state index in [1.165, 1.54) is 10.6 Å². The predicted octanol–water partition coefficient (Wildman–Crippen LogP) is 0.392. The molecule has 0 fully saturated rings. The van der Waals surface area contributed by atoms with Crippen LogP contribution in [0.4, 0.5) is 11.6 Å². The van der Waals surface area contributed by atoms with Gasteiger partial charge in [-0.05, 0) is 19.1 Å². The van der Waals surface area contributed by atoms with Gasteiger partial charge < -0.3 is 20.1 Å². The highest BCUT2D eigenvalue weighted by Gasteiger charge is 2.10. The fraction of sp³-hybridized carbons (Fsp3) is 0.375. The van der Waals surface area contributed by atoms with E-state index in [1.807, 2.05) is 32.0 Å². The lowest BCUT2D eigenvalue weighted by Gasteiger charge is -2.14. The van der Waals surface area contributed by atoms with Gasteiger partial charge in [0.25, 0.3) is 11.5 Å². The van der Waals surface area contributed by atoms with Crippen LogP contribution < -0.4 is 21.1 Å². The Labute approximate surface area is 140 Å². The molecule has 2 aromatic heterocycles. The highest BCUT2D eigenvalue weighted by molar-refractivity contribution is 5.93. The van der Waals surface area contributed by atoms with Crippen LogP contribution in [0.2, 0.25) is 0 Å². The van der Waals surface area contributed by atoms with Crippen molar-refractivity contribution >= 4 is 17.5 Å². The van der Waals surface area contributed by atoms with Gasteiger partial charge in [-0.2, -0.15) is 0 Å². The molecule has 1 amide bonds. The smallest absolute Gasteiger partial charge is 0.263 e. The monoisotopic (exact) mass is 330 g/mol. The van der Waals surface area contributed by atoms with E-state index < -0.39 is 0 Å². The standard InChI is InChI=1S/C16H22N6O2/c1-11-19-13(10-14(20-11)21(2)3)17-7-8-18-15(23)12-6-5-9-22(4)16(12)24/h5-6,9-10H,7-8H2,1-4H3,(H,18,23)(H,17,19,20). The predicted molar refractivity (Wildman–Crippen MR) is 93.6 cm³/mol. The average Bonchev–Trinajstić information content (AvgIpc) is 2.53. The van der Waals surface area contributed by atoms with E-state index in [1.54, 1.807) is 19.3 Å². The molecule has 8 heteroatoms. The van der Waals surface area contributed by atoms with E-state index in [4.69, 9.17) is 0 Å². The molecule has 0 saturated heterocycles. The second-order valence-electron chi connectivity index (χ2n) is 5.57.